The van der Waals surface area contributed by atoms with Crippen LogP contribution >= 0.6 is 11.8 Å². The highest BCUT2D eigenvalue weighted by atomic mass is 32.2. The molecule has 2 aromatic rings. The first-order valence-electron chi connectivity index (χ1n) is 6.80. The van der Waals surface area contributed by atoms with Gasteiger partial charge in [-0.15, -0.1) is 5.10 Å². The number of ether oxygens (including phenoxy) is 1. The van der Waals surface area contributed by atoms with E-state index in [1.165, 1.54) is 16.4 Å². The van der Waals surface area contributed by atoms with Crippen LogP contribution in [0.1, 0.15) is 5.56 Å². The zero-order chi connectivity index (χ0) is 16.2. The molecule has 2 amide bonds. The molecular weight excluding hydrogens is 320 g/mol. The molecule has 1 fully saturated rings. The molecule has 2 heterocycles. The number of amides is 2. The van der Waals surface area contributed by atoms with Gasteiger partial charge in [0.05, 0.1) is 0 Å². The molecule has 0 unspecified atom stereocenters. The largest absolute Gasteiger partial charge is 0.445 e. The molecule has 0 saturated carbocycles. The number of tetrazole rings is 1. The number of nitrogens with zero attached hydrogens (tertiary/aromatic N) is 4. The molecule has 2 atom stereocenters. The molecule has 1 saturated heterocycles. The van der Waals surface area contributed by atoms with Gasteiger partial charge in [-0.2, -0.15) is 0 Å². The van der Waals surface area contributed by atoms with Gasteiger partial charge in [-0.25, -0.2) is 9.48 Å². The average molecular weight is 334 g/mol. The Morgan fingerprint density at radius 3 is 2.87 bits per heavy atom. The van der Waals surface area contributed by atoms with Gasteiger partial charge in [0.25, 0.3) is 0 Å². The van der Waals surface area contributed by atoms with E-state index < -0.39 is 12.1 Å². The molecule has 2 N–H and O–H groups in total. The van der Waals surface area contributed by atoms with Crippen LogP contribution in [0.15, 0.2) is 35.5 Å². The minimum Gasteiger partial charge on any atom is -0.445 e. The second kappa shape index (κ2) is 6.65. The molecule has 1 aromatic heterocycles. The highest BCUT2D eigenvalue weighted by molar-refractivity contribution is 7.99. The number of carbonyl (C=O) groups is 2. The van der Waals surface area contributed by atoms with E-state index in [1.807, 2.05) is 30.3 Å². The van der Waals surface area contributed by atoms with Gasteiger partial charge < -0.3 is 15.4 Å². The summed E-state index contributed by atoms with van der Waals surface area (Å²) in [5.41, 5.74) is 0.872. The van der Waals surface area contributed by atoms with Gasteiger partial charge in [-0.1, -0.05) is 42.1 Å². The molecule has 0 spiro atoms. The number of rotatable bonds is 5. The number of hydrogen-bond acceptors (Lipinski definition) is 7. The van der Waals surface area contributed by atoms with Gasteiger partial charge in [0.2, 0.25) is 11.1 Å². The third-order valence-corrected chi connectivity index (χ3v) is 4.37. The minimum atomic E-state index is -0.681. The normalized spacial score (nSPS) is 19.6. The number of β-lactam (4-membered cyclic amide) rings is 1. The van der Waals surface area contributed by atoms with Crippen molar-refractivity contribution in [3.63, 3.8) is 0 Å². The third kappa shape index (κ3) is 3.59. The van der Waals surface area contributed by atoms with Crippen molar-refractivity contribution in [3.8, 4) is 0 Å². The van der Waals surface area contributed by atoms with Gasteiger partial charge in [-0.3, -0.25) is 4.79 Å². The Hall–Kier alpha value is -2.62. The van der Waals surface area contributed by atoms with Crippen LogP contribution in [-0.2, 0) is 23.2 Å². The van der Waals surface area contributed by atoms with Crippen LogP contribution in [0.2, 0.25) is 0 Å². The summed E-state index contributed by atoms with van der Waals surface area (Å²) in [6.07, 6.45) is -0.643. The van der Waals surface area contributed by atoms with Gasteiger partial charge >= 0.3 is 6.09 Å². The van der Waals surface area contributed by atoms with E-state index in [0.29, 0.717) is 5.16 Å². The predicted molar refractivity (Wildman–Crippen MR) is 80.1 cm³/mol. The summed E-state index contributed by atoms with van der Waals surface area (Å²) in [5, 5.41) is 16.5. The van der Waals surface area contributed by atoms with Gasteiger partial charge in [0.1, 0.15) is 18.0 Å². The molecule has 0 radical (unpaired) electrons. The maximum atomic E-state index is 11.8. The summed E-state index contributed by atoms with van der Waals surface area (Å²) in [6, 6.07) is 8.62. The number of aromatic nitrogens is 4. The second-order valence-corrected chi connectivity index (χ2v) is 5.92. The molecule has 1 aliphatic rings. The van der Waals surface area contributed by atoms with E-state index in [0.717, 1.165) is 5.56 Å². The lowest BCUT2D eigenvalue weighted by Crippen LogP contribution is -2.67. The summed E-state index contributed by atoms with van der Waals surface area (Å²) in [4.78, 5) is 23.4. The fourth-order valence-electron chi connectivity index (χ4n) is 1.92. The molecule has 1 aliphatic heterocycles. The number of carbonyl (C=O) groups excluding carboxylic acids is 2. The maximum absolute atomic E-state index is 11.8. The number of aryl methyl sites for hydroxylation is 1. The molecule has 23 heavy (non-hydrogen) atoms. The molecular formula is C13H14N6O3S. The zero-order valence-corrected chi connectivity index (χ0v) is 13.0. The molecule has 0 bridgehead atoms. The quantitative estimate of drug-likeness (QED) is 0.743. The molecule has 120 valence electrons. The number of hydrogen-bond donors (Lipinski definition) is 2. The second-order valence-electron chi connectivity index (χ2n) is 4.82. The van der Waals surface area contributed by atoms with Crippen LogP contribution in [-0.4, -0.2) is 43.6 Å². The van der Waals surface area contributed by atoms with E-state index >= 15 is 0 Å². The lowest BCUT2D eigenvalue weighted by Gasteiger charge is -2.35. The van der Waals surface area contributed by atoms with Crippen LogP contribution in [0, 0.1) is 0 Å². The highest BCUT2D eigenvalue weighted by Gasteiger charge is 2.42. The fraction of sp³-hybridized carbons (Fsp3) is 0.308. The summed E-state index contributed by atoms with van der Waals surface area (Å²) in [6.45, 7) is 0.145. The number of thioether (sulfide) groups is 1. The molecule has 0 aliphatic carbocycles. The van der Waals surface area contributed by atoms with Crippen molar-refractivity contribution in [2.75, 3.05) is 0 Å². The van der Waals surface area contributed by atoms with Gasteiger partial charge in [0, 0.05) is 7.05 Å². The van der Waals surface area contributed by atoms with Crippen LogP contribution in [0.3, 0.4) is 0 Å². The highest BCUT2D eigenvalue weighted by Crippen LogP contribution is 2.25. The van der Waals surface area contributed by atoms with E-state index in [-0.39, 0.29) is 17.9 Å². The summed E-state index contributed by atoms with van der Waals surface area (Å²) in [5.74, 6) is -0.269. The van der Waals surface area contributed by atoms with Crippen molar-refractivity contribution >= 4 is 23.8 Å². The zero-order valence-electron chi connectivity index (χ0n) is 12.2. The van der Waals surface area contributed by atoms with Gasteiger partial charge in [0.15, 0.2) is 0 Å². The first-order valence-corrected chi connectivity index (χ1v) is 7.68. The summed E-state index contributed by atoms with van der Waals surface area (Å²) in [7, 11) is 1.69. The SMILES string of the molecule is Cn1nnnc1S[C@@H]1NC(=O)[C@H]1NC(=O)OCc1ccccc1. The Morgan fingerprint density at radius 1 is 1.43 bits per heavy atom. The van der Waals surface area contributed by atoms with E-state index in [9.17, 15) is 9.59 Å². The summed E-state index contributed by atoms with van der Waals surface area (Å²) >= 11 is 1.26. The van der Waals surface area contributed by atoms with Crippen LogP contribution in [0.25, 0.3) is 0 Å². The topological polar surface area (TPSA) is 111 Å². The van der Waals surface area contributed by atoms with E-state index in [2.05, 4.69) is 26.2 Å². The Morgan fingerprint density at radius 2 is 2.22 bits per heavy atom. The first-order chi connectivity index (χ1) is 11.1. The lowest BCUT2D eigenvalue weighted by atomic mass is 10.1. The predicted octanol–water partition coefficient (Wildman–Crippen LogP) is 0.0531. The van der Waals surface area contributed by atoms with Crippen molar-refractivity contribution in [2.45, 2.75) is 23.2 Å². The van der Waals surface area contributed by atoms with E-state index in [4.69, 9.17) is 4.74 Å². The Balaban J connectivity index is 1.50. The third-order valence-electron chi connectivity index (χ3n) is 3.17. The Kier molecular flexibility index (Phi) is 4.42. The lowest BCUT2D eigenvalue weighted by molar-refractivity contribution is -0.129. The van der Waals surface area contributed by atoms with Crippen LogP contribution < -0.4 is 10.6 Å². The first kappa shape index (κ1) is 15.3. The smallest absolute Gasteiger partial charge is 0.408 e. The van der Waals surface area contributed by atoms with Crippen molar-refractivity contribution in [1.82, 2.24) is 30.8 Å². The van der Waals surface area contributed by atoms with Crippen molar-refractivity contribution in [3.05, 3.63) is 35.9 Å². The van der Waals surface area contributed by atoms with Gasteiger partial charge in [-0.05, 0) is 16.0 Å². The minimum absolute atomic E-state index is 0.145. The van der Waals surface area contributed by atoms with Crippen LogP contribution in [0.4, 0.5) is 4.79 Å². The molecule has 9 nitrogen and oxygen atoms in total. The molecule has 3 rings (SSSR count). The monoisotopic (exact) mass is 334 g/mol. The molecule has 1 aromatic carbocycles. The van der Waals surface area contributed by atoms with Crippen molar-refractivity contribution < 1.29 is 14.3 Å². The summed E-state index contributed by atoms with van der Waals surface area (Å²) < 4.78 is 6.59. The number of nitrogens with one attached hydrogen (secondary N) is 2. The Bertz CT molecular complexity index is 707. The maximum Gasteiger partial charge on any atom is 0.408 e. The Labute approximate surface area is 135 Å². The van der Waals surface area contributed by atoms with Crippen molar-refractivity contribution in [1.29, 1.82) is 0 Å². The number of benzene rings is 1. The fourth-order valence-corrected chi connectivity index (χ4v) is 2.92. The average Bonchev–Trinajstić information content (AvgIpc) is 2.96. The standard InChI is InChI=1S/C13H14N6O3S/c1-19-12(16-17-18-19)23-11-9(10(20)15-11)14-13(21)22-7-8-5-3-2-4-6-8/h2-6,9,11H,7H2,1H3,(H,14,21)(H,15,20)/t9-,11+/m1/s1. The van der Waals surface area contributed by atoms with Crippen LogP contribution in [0.5, 0.6) is 0 Å². The number of alkyl carbamates (subject to hydrolysis) is 1. The van der Waals surface area contributed by atoms with E-state index in [1.54, 1.807) is 7.05 Å². The molecule has 10 heteroatoms. The van der Waals surface area contributed by atoms with Crippen molar-refractivity contribution in [2.24, 2.45) is 7.05 Å².